The highest BCUT2D eigenvalue weighted by molar-refractivity contribution is 7.89. The Labute approximate surface area is 190 Å². The fourth-order valence-electron chi connectivity index (χ4n) is 3.35. The van der Waals surface area contributed by atoms with Crippen LogP contribution >= 0.6 is 0 Å². The smallest absolute Gasteiger partial charge is 0.254 e. The molecule has 7 nitrogen and oxygen atoms in total. The molecule has 8 heteroatoms. The summed E-state index contributed by atoms with van der Waals surface area (Å²) in [6, 6.07) is 11.9. The van der Waals surface area contributed by atoms with E-state index >= 15 is 0 Å². The van der Waals surface area contributed by atoms with E-state index in [1.807, 2.05) is 32.0 Å². The van der Waals surface area contributed by atoms with Crippen LogP contribution in [0.1, 0.15) is 55.5 Å². The molecular formula is C24H32N2O5S. The quantitative estimate of drug-likeness (QED) is 0.518. The highest BCUT2D eigenvalue weighted by atomic mass is 32.2. The van der Waals surface area contributed by atoms with Crippen molar-refractivity contribution in [3.8, 4) is 11.5 Å². The molecule has 2 aromatic carbocycles. The van der Waals surface area contributed by atoms with Crippen molar-refractivity contribution < 1.29 is 22.7 Å². The van der Waals surface area contributed by atoms with Crippen molar-refractivity contribution in [2.75, 3.05) is 20.3 Å². The lowest BCUT2D eigenvalue weighted by atomic mass is 10.1. The fourth-order valence-corrected chi connectivity index (χ4v) is 4.70. The maximum Gasteiger partial charge on any atom is 0.254 e. The Kier molecular flexibility index (Phi) is 8.15. The number of ether oxygens (including phenoxy) is 2. The first kappa shape index (κ1) is 24.1. The predicted octanol–water partition coefficient (Wildman–Crippen LogP) is 3.98. The summed E-state index contributed by atoms with van der Waals surface area (Å²) < 4.78 is 38.9. The zero-order chi connectivity index (χ0) is 23.1. The third-order valence-electron chi connectivity index (χ3n) is 5.13. The first-order chi connectivity index (χ1) is 15.4. The monoisotopic (exact) mass is 460 g/mol. The number of nitrogens with one attached hydrogen (secondary N) is 1. The zero-order valence-corrected chi connectivity index (χ0v) is 19.8. The third-order valence-corrected chi connectivity index (χ3v) is 6.65. The second kappa shape index (κ2) is 10.8. The zero-order valence-electron chi connectivity index (χ0n) is 19.0. The van der Waals surface area contributed by atoms with Gasteiger partial charge in [0.15, 0.2) is 11.5 Å². The van der Waals surface area contributed by atoms with Crippen molar-refractivity contribution in [3.63, 3.8) is 0 Å². The average molecular weight is 461 g/mol. The molecule has 0 aliphatic heterocycles. The van der Waals surface area contributed by atoms with Gasteiger partial charge in [-0.25, -0.2) is 13.1 Å². The average Bonchev–Trinajstić information content (AvgIpc) is 3.60. The predicted molar refractivity (Wildman–Crippen MR) is 124 cm³/mol. The molecule has 174 valence electrons. The van der Waals surface area contributed by atoms with Gasteiger partial charge in [-0.2, -0.15) is 0 Å². The number of rotatable bonds is 12. The number of methoxy groups -OCH3 is 1. The molecule has 0 spiro atoms. The second-order valence-electron chi connectivity index (χ2n) is 7.98. The van der Waals surface area contributed by atoms with Crippen LogP contribution in [0.5, 0.6) is 11.5 Å². The lowest BCUT2D eigenvalue weighted by Crippen LogP contribution is -2.32. The molecule has 0 saturated heterocycles. The number of amides is 1. The highest BCUT2D eigenvalue weighted by Gasteiger charge is 2.28. The third kappa shape index (κ3) is 6.23. The molecule has 0 atom stereocenters. The van der Waals surface area contributed by atoms with Gasteiger partial charge in [0, 0.05) is 24.7 Å². The largest absolute Gasteiger partial charge is 0.493 e. The van der Waals surface area contributed by atoms with Gasteiger partial charge in [0.1, 0.15) is 0 Å². The number of benzene rings is 2. The maximum absolute atomic E-state index is 13.3. The van der Waals surface area contributed by atoms with Crippen LogP contribution in [-0.4, -0.2) is 45.5 Å². The maximum atomic E-state index is 13.3. The van der Waals surface area contributed by atoms with Crippen molar-refractivity contribution in [3.05, 3.63) is 53.6 Å². The van der Waals surface area contributed by atoms with Crippen LogP contribution in [-0.2, 0) is 16.6 Å². The number of hydrogen-bond acceptors (Lipinski definition) is 5. The van der Waals surface area contributed by atoms with Gasteiger partial charge in [-0.3, -0.25) is 4.79 Å². The van der Waals surface area contributed by atoms with E-state index in [2.05, 4.69) is 4.72 Å². The summed E-state index contributed by atoms with van der Waals surface area (Å²) in [7, 11) is -2.03. The molecule has 1 aliphatic carbocycles. The minimum Gasteiger partial charge on any atom is -0.493 e. The summed E-state index contributed by atoms with van der Waals surface area (Å²) in [5.41, 5.74) is 1.26. The molecule has 2 aromatic rings. The van der Waals surface area contributed by atoms with E-state index < -0.39 is 10.0 Å². The van der Waals surface area contributed by atoms with E-state index in [1.165, 1.54) is 12.1 Å². The van der Waals surface area contributed by atoms with Gasteiger partial charge in [0.05, 0.1) is 18.6 Å². The SMILES string of the molecule is CCCOc1ccc(CN(CCC)C(=O)c2cccc(S(=O)(=O)NC3CC3)c2)cc1OC. The van der Waals surface area contributed by atoms with Crippen molar-refractivity contribution >= 4 is 15.9 Å². The molecule has 1 N–H and O–H groups in total. The molecule has 1 fully saturated rings. The fraction of sp³-hybridized carbons (Fsp3) is 0.458. The summed E-state index contributed by atoms with van der Waals surface area (Å²) in [5, 5.41) is 0. The van der Waals surface area contributed by atoms with Crippen LogP contribution in [0.2, 0.25) is 0 Å². The molecule has 1 amide bonds. The molecule has 0 unspecified atom stereocenters. The van der Waals surface area contributed by atoms with Crippen LogP contribution in [0.15, 0.2) is 47.4 Å². The molecule has 0 aromatic heterocycles. The Morgan fingerprint density at radius 3 is 2.53 bits per heavy atom. The van der Waals surface area contributed by atoms with Gasteiger partial charge >= 0.3 is 0 Å². The Balaban J connectivity index is 1.79. The van der Waals surface area contributed by atoms with E-state index in [-0.39, 0.29) is 16.8 Å². The summed E-state index contributed by atoms with van der Waals surface area (Å²) in [6.45, 7) is 5.58. The standard InChI is InChI=1S/C24H32N2O5S/c1-4-13-26(17-18-9-12-22(31-14-5-2)23(15-18)30-3)24(27)19-7-6-8-21(16-19)32(28,29)25-20-10-11-20/h6-9,12,15-16,20,25H,4-5,10-11,13-14,17H2,1-3H3. The van der Waals surface area contributed by atoms with Crippen LogP contribution in [0, 0.1) is 0 Å². The number of carbonyl (C=O) groups is 1. The normalized spacial score (nSPS) is 13.6. The Morgan fingerprint density at radius 2 is 1.88 bits per heavy atom. The summed E-state index contributed by atoms with van der Waals surface area (Å²) >= 11 is 0. The number of sulfonamides is 1. The van der Waals surface area contributed by atoms with Gasteiger partial charge in [-0.15, -0.1) is 0 Å². The lowest BCUT2D eigenvalue weighted by Gasteiger charge is -2.23. The summed E-state index contributed by atoms with van der Waals surface area (Å²) in [6.07, 6.45) is 3.39. The van der Waals surface area contributed by atoms with E-state index in [0.29, 0.717) is 36.8 Å². The molecule has 1 saturated carbocycles. The molecule has 0 radical (unpaired) electrons. The molecule has 0 bridgehead atoms. The van der Waals surface area contributed by atoms with Crippen molar-refractivity contribution in [2.24, 2.45) is 0 Å². The van der Waals surface area contributed by atoms with Crippen LogP contribution in [0.25, 0.3) is 0 Å². The molecule has 0 heterocycles. The van der Waals surface area contributed by atoms with Gasteiger partial charge in [0.2, 0.25) is 10.0 Å². The lowest BCUT2D eigenvalue weighted by molar-refractivity contribution is 0.0742. The summed E-state index contributed by atoms with van der Waals surface area (Å²) in [5.74, 6) is 1.09. The van der Waals surface area contributed by atoms with Crippen LogP contribution in [0.3, 0.4) is 0 Å². The van der Waals surface area contributed by atoms with Crippen LogP contribution < -0.4 is 14.2 Å². The van der Waals surface area contributed by atoms with E-state index in [0.717, 1.165) is 31.2 Å². The molecule has 32 heavy (non-hydrogen) atoms. The molecular weight excluding hydrogens is 428 g/mol. The van der Waals surface area contributed by atoms with Gasteiger partial charge < -0.3 is 14.4 Å². The van der Waals surface area contributed by atoms with Crippen molar-refractivity contribution in [1.29, 1.82) is 0 Å². The van der Waals surface area contributed by atoms with Crippen LogP contribution in [0.4, 0.5) is 0 Å². The number of hydrogen-bond donors (Lipinski definition) is 1. The Bertz CT molecular complexity index is 1030. The Hall–Kier alpha value is -2.58. The van der Waals surface area contributed by atoms with Gasteiger partial charge in [-0.05, 0) is 61.6 Å². The number of nitrogens with zero attached hydrogens (tertiary/aromatic N) is 1. The Morgan fingerprint density at radius 1 is 1.09 bits per heavy atom. The van der Waals surface area contributed by atoms with Crippen molar-refractivity contribution in [2.45, 2.75) is 57.0 Å². The van der Waals surface area contributed by atoms with Gasteiger partial charge in [0.25, 0.3) is 5.91 Å². The van der Waals surface area contributed by atoms with Crippen molar-refractivity contribution in [1.82, 2.24) is 9.62 Å². The second-order valence-corrected chi connectivity index (χ2v) is 9.70. The van der Waals surface area contributed by atoms with E-state index in [4.69, 9.17) is 9.47 Å². The minimum absolute atomic E-state index is 0.00945. The number of carbonyl (C=O) groups excluding carboxylic acids is 1. The minimum atomic E-state index is -3.62. The molecule has 3 rings (SSSR count). The van der Waals surface area contributed by atoms with E-state index in [1.54, 1.807) is 24.1 Å². The first-order valence-electron chi connectivity index (χ1n) is 11.1. The van der Waals surface area contributed by atoms with E-state index in [9.17, 15) is 13.2 Å². The van der Waals surface area contributed by atoms with Gasteiger partial charge in [-0.1, -0.05) is 26.0 Å². The topological polar surface area (TPSA) is 84.9 Å². The summed E-state index contributed by atoms with van der Waals surface area (Å²) in [4.78, 5) is 15.1. The first-order valence-corrected chi connectivity index (χ1v) is 12.6. The highest BCUT2D eigenvalue weighted by Crippen LogP contribution is 2.29. The molecule has 1 aliphatic rings.